The molecule has 0 N–H and O–H groups in total. The first-order chi connectivity index (χ1) is 7.18. The molecule has 0 amide bonds. The van der Waals surface area contributed by atoms with E-state index in [0.29, 0.717) is 5.56 Å². The predicted molar refractivity (Wildman–Crippen MR) is 52.1 cm³/mol. The third kappa shape index (κ3) is 1.83. The Balaban J connectivity index is 2.58. The molecular weight excluding hydrogens is 198 g/mol. The second-order valence-electron chi connectivity index (χ2n) is 3.17. The van der Waals surface area contributed by atoms with Gasteiger partial charge in [0.1, 0.15) is 0 Å². The van der Waals surface area contributed by atoms with E-state index < -0.39 is 11.6 Å². The lowest BCUT2D eigenvalue weighted by molar-refractivity contribution is 0.579. The van der Waals surface area contributed by atoms with Gasteiger partial charge in [0.25, 0.3) is 0 Å². The minimum Gasteiger partial charge on any atom is -0.261 e. The van der Waals surface area contributed by atoms with Gasteiger partial charge in [0, 0.05) is 17.5 Å². The molecule has 76 valence electrons. The number of aromatic nitrogens is 2. The molecular formula is C11H8F2N2. The van der Waals surface area contributed by atoms with Crippen LogP contribution in [0.3, 0.4) is 0 Å². The normalized spacial score (nSPS) is 10.3. The van der Waals surface area contributed by atoms with Gasteiger partial charge in [0.05, 0.1) is 18.0 Å². The first-order valence-electron chi connectivity index (χ1n) is 4.40. The maximum atomic E-state index is 13.3. The van der Waals surface area contributed by atoms with Gasteiger partial charge < -0.3 is 0 Å². The van der Waals surface area contributed by atoms with E-state index in [-0.39, 0.29) is 5.56 Å². The minimum atomic E-state index is -0.680. The van der Waals surface area contributed by atoms with E-state index in [2.05, 4.69) is 9.97 Å². The Morgan fingerprint density at radius 1 is 1.00 bits per heavy atom. The van der Waals surface area contributed by atoms with E-state index in [1.54, 1.807) is 12.1 Å². The molecule has 0 fully saturated rings. The lowest BCUT2D eigenvalue weighted by atomic mass is 10.1. The molecule has 0 atom stereocenters. The van der Waals surface area contributed by atoms with Crippen molar-refractivity contribution in [3.8, 4) is 11.1 Å². The van der Waals surface area contributed by atoms with Crippen molar-refractivity contribution in [2.45, 2.75) is 6.92 Å². The van der Waals surface area contributed by atoms with Gasteiger partial charge in [-0.15, -0.1) is 0 Å². The van der Waals surface area contributed by atoms with E-state index in [1.807, 2.05) is 6.92 Å². The van der Waals surface area contributed by atoms with Crippen LogP contribution in [0.25, 0.3) is 11.1 Å². The van der Waals surface area contributed by atoms with Crippen molar-refractivity contribution in [2.75, 3.05) is 0 Å². The highest BCUT2D eigenvalue weighted by Gasteiger charge is 2.11. The van der Waals surface area contributed by atoms with Crippen LogP contribution in [-0.2, 0) is 0 Å². The summed E-state index contributed by atoms with van der Waals surface area (Å²) in [5, 5.41) is 0. The SMILES string of the molecule is Cc1ccc(-c2c(F)cncc2F)cn1. The molecule has 0 saturated heterocycles. The van der Waals surface area contributed by atoms with Crippen molar-refractivity contribution in [2.24, 2.45) is 0 Å². The molecule has 0 radical (unpaired) electrons. The van der Waals surface area contributed by atoms with E-state index in [4.69, 9.17) is 0 Å². The summed E-state index contributed by atoms with van der Waals surface area (Å²) < 4.78 is 26.6. The smallest absolute Gasteiger partial charge is 0.152 e. The van der Waals surface area contributed by atoms with Crippen LogP contribution in [0.2, 0.25) is 0 Å². The van der Waals surface area contributed by atoms with Gasteiger partial charge in [-0.1, -0.05) is 6.07 Å². The van der Waals surface area contributed by atoms with Crippen LogP contribution in [0.4, 0.5) is 8.78 Å². The lowest BCUT2D eigenvalue weighted by Gasteiger charge is -2.03. The summed E-state index contributed by atoms with van der Waals surface area (Å²) in [4.78, 5) is 7.40. The van der Waals surface area contributed by atoms with Crippen molar-refractivity contribution in [1.29, 1.82) is 0 Å². The van der Waals surface area contributed by atoms with Gasteiger partial charge >= 0.3 is 0 Å². The molecule has 2 rings (SSSR count). The lowest BCUT2D eigenvalue weighted by Crippen LogP contribution is -1.92. The number of pyridine rings is 2. The fraction of sp³-hybridized carbons (Fsp3) is 0.0909. The Bertz CT molecular complexity index is 460. The number of aryl methyl sites for hydroxylation is 1. The Hall–Kier alpha value is -1.84. The molecule has 0 spiro atoms. The molecule has 0 aromatic carbocycles. The Labute approximate surface area is 85.6 Å². The highest BCUT2D eigenvalue weighted by Crippen LogP contribution is 2.24. The van der Waals surface area contributed by atoms with Crippen LogP contribution < -0.4 is 0 Å². The molecule has 4 heteroatoms. The maximum absolute atomic E-state index is 13.3. The van der Waals surface area contributed by atoms with Gasteiger partial charge in [-0.25, -0.2) is 8.78 Å². The second-order valence-corrected chi connectivity index (χ2v) is 3.17. The number of hydrogen-bond donors (Lipinski definition) is 0. The summed E-state index contributed by atoms with van der Waals surface area (Å²) in [6.45, 7) is 1.81. The predicted octanol–water partition coefficient (Wildman–Crippen LogP) is 2.73. The van der Waals surface area contributed by atoms with E-state index in [9.17, 15) is 8.78 Å². The summed E-state index contributed by atoms with van der Waals surface area (Å²) in [5.74, 6) is -1.36. The van der Waals surface area contributed by atoms with Crippen LogP contribution in [0, 0.1) is 18.6 Å². The van der Waals surface area contributed by atoms with Gasteiger partial charge in [-0.2, -0.15) is 0 Å². The summed E-state index contributed by atoms with van der Waals surface area (Å²) >= 11 is 0. The van der Waals surface area contributed by atoms with Crippen molar-refractivity contribution in [1.82, 2.24) is 9.97 Å². The van der Waals surface area contributed by atoms with Crippen molar-refractivity contribution in [3.63, 3.8) is 0 Å². The molecule has 0 saturated carbocycles. The second kappa shape index (κ2) is 3.73. The first-order valence-corrected chi connectivity index (χ1v) is 4.40. The Morgan fingerprint density at radius 3 is 2.20 bits per heavy atom. The molecule has 2 aromatic rings. The molecule has 0 aliphatic rings. The standard InChI is InChI=1S/C11H8F2N2/c1-7-2-3-8(4-15-7)11-9(12)5-14-6-10(11)13/h2-6H,1H3. The summed E-state index contributed by atoms with van der Waals surface area (Å²) in [7, 11) is 0. The molecule has 0 aliphatic carbocycles. The van der Waals surface area contributed by atoms with E-state index in [0.717, 1.165) is 18.1 Å². The highest BCUT2D eigenvalue weighted by molar-refractivity contribution is 5.63. The van der Waals surface area contributed by atoms with E-state index in [1.165, 1.54) is 6.20 Å². The average Bonchev–Trinajstić information content (AvgIpc) is 2.20. The maximum Gasteiger partial charge on any atom is 0.152 e. The average molecular weight is 206 g/mol. The largest absolute Gasteiger partial charge is 0.261 e. The Morgan fingerprint density at radius 2 is 1.67 bits per heavy atom. The number of halogens is 2. The summed E-state index contributed by atoms with van der Waals surface area (Å²) in [6.07, 6.45) is 3.41. The topological polar surface area (TPSA) is 25.8 Å². The van der Waals surface area contributed by atoms with Crippen LogP contribution >= 0.6 is 0 Å². The van der Waals surface area contributed by atoms with Crippen LogP contribution in [0.5, 0.6) is 0 Å². The van der Waals surface area contributed by atoms with Gasteiger partial charge in [0.2, 0.25) is 0 Å². The van der Waals surface area contributed by atoms with Crippen molar-refractivity contribution < 1.29 is 8.78 Å². The monoisotopic (exact) mass is 206 g/mol. The zero-order chi connectivity index (χ0) is 10.8. The molecule has 2 aromatic heterocycles. The third-order valence-electron chi connectivity index (χ3n) is 2.05. The van der Waals surface area contributed by atoms with Crippen molar-refractivity contribution in [3.05, 3.63) is 48.1 Å². The molecule has 2 heterocycles. The molecule has 15 heavy (non-hydrogen) atoms. The van der Waals surface area contributed by atoms with E-state index >= 15 is 0 Å². The summed E-state index contributed by atoms with van der Waals surface area (Å²) in [5.41, 5.74) is 1.13. The summed E-state index contributed by atoms with van der Waals surface area (Å²) in [6, 6.07) is 3.33. The van der Waals surface area contributed by atoms with Crippen LogP contribution in [0.15, 0.2) is 30.7 Å². The molecule has 0 aliphatic heterocycles. The van der Waals surface area contributed by atoms with Crippen LogP contribution in [0.1, 0.15) is 5.69 Å². The number of rotatable bonds is 1. The Kier molecular flexibility index (Phi) is 2.41. The molecule has 0 bridgehead atoms. The first kappa shape index (κ1) is 9.71. The highest BCUT2D eigenvalue weighted by atomic mass is 19.1. The van der Waals surface area contributed by atoms with Gasteiger partial charge in [-0.05, 0) is 13.0 Å². The molecule has 0 unspecified atom stereocenters. The quantitative estimate of drug-likeness (QED) is 0.716. The molecule has 2 nitrogen and oxygen atoms in total. The fourth-order valence-corrected chi connectivity index (χ4v) is 1.30. The minimum absolute atomic E-state index is 0.0856. The van der Waals surface area contributed by atoms with Gasteiger partial charge in [-0.3, -0.25) is 9.97 Å². The zero-order valence-corrected chi connectivity index (χ0v) is 8.04. The van der Waals surface area contributed by atoms with Crippen LogP contribution in [-0.4, -0.2) is 9.97 Å². The zero-order valence-electron chi connectivity index (χ0n) is 8.04. The number of nitrogens with zero attached hydrogens (tertiary/aromatic N) is 2. The third-order valence-corrected chi connectivity index (χ3v) is 2.05. The van der Waals surface area contributed by atoms with Gasteiger partial charge in [0.15, 0.2) is 11.6 Å². The fourth-order valence-electron chi connectivity index (χ4n) is 1.30. The number of hydrogen-bond acceptors (Lipinski definition) is 2. The van der Waals surface area contributed by atoms with Crippen molar-refractivity contribution >= 4 is 0 Å².